The molecule has 0 atom stereocenters. The Bertz CT molecular complexity index is 844. The molecule has 3 rings (SSSR count). The second-order valence-corrected chi connectivity index (χ2v) is 5.69. The normalized spacial score (nSPS) is 10.4. The number of rotatable bonds is 7. The van der Waals surface area contributed by atoms with Crippen LogP contribution in [0.1, 0.15) is 5.89 Å². The summed E-state index contributed by atoms with van der Waals surface area (Å²) < 4.78 is 24.1. The van der Waals surface area contributed by atoms with Gasteiger partial charge in [-0.15, -0.1) is 10.2 Å². The zero-order chi connectivity index (χ0) is 17.5. The number of hydrogen-bond donors (Lipinski definition) is 1. The molecule has 2 heterocycles. The van der Waals surface area contributed by atoms with Gasteiger partial charge >= 0.3 is 0 Å². The van der Waals surface area contributed by atoms with Crippen molar-refractivity contribution < 1.29 is 18.3 Å². The Hall–Kier alpha value is -2.94. The van der Waals surface area contributed by atoms with Crippen LogP contribution in [0.2, 0.25) is 0 Å². The third-order valence-corrected chi connectivity index (χ3v) is 3.73. The molecule has 1 aromatic carbocycles. The highest BCUT2D eigenvalue weighted by Gasteiger charge is 2.11. The lowest BCUT2D eigenvalue weighted by molar-refractivity contribution is -0.113. The number of carbonyl (C=O) groups is 1. The molecule has 0 saturated heterocycles. The molecule has 0 radical (unpaired) electrons. The molecule has 0 spiro atoms. The van der Waals surface area contributed by atoms with Gasteiger partial charge in [0.2, 0.25) is 5.91 Å². The van der Waals surface area contributed by atoms with Gasteiger partial charge in [0.15, 0.2) is 18.2 Å². The van der Waals surface area contributed by atoms with Crippen LogP contribution in [0.4, 0.5) is 10.1 Å². The lowest BCUT2D eigenvalue weighted by atomic mass is 10.3. The number of nitrogens with zero attached hydrogens (tertiary/aromatic N) is 3. The maximum Gasteiger partial charge on any atom is 0.277 e. The summed E-state index contributed by atoms with van der Waals surface area (Å²) in [5, 5.41) is 10.5. The van der Waals surface area contributed by atoms with E-state index in [2.05, 4.69) is 20.5 Å². The van der Waals surface area contributed by atoms with Crippen molar-refractivity contribution in [3.63, 3.8) is 0 Å². The minimum absolute atomic E-state index is 0.0592. The zero-order valence-corrected chi connectivity index (χ0v) is 13.7. The van der Waals surface area contributed by atoms with Gasteiger partial charge in [0.05, 0.1) is 17.6 Å². The van der Waals surface area contributed by atoms with Gasteiger partial charge in [-0.05, 0) is 24.3 Å². The van der Waals surface area contributed by atoms with E-state index in [1.165, 1.54) is 12.1 Å². The molecule has 1 N–H and O–H groups in total. The lowest BCUT2D eigenvalue weighted by Crippen LogP contribution is -2.14. The van der Waals surface area contributed by atoms with E-state index in [9.17, 15) is 9.18 Å². The lowest BCUT2D eigenvalue weighted by Gasteiger charge is -2.03. The molecule has 2 aromatic heterocycles. The second kappa shape index (κ2) is 8.25. The molecule has 9 heteroatoms. The number of carbonyl (C=O) groups excluding carboxylic acids is 1. The molecule has 0 fully saturated rings. The molecule has 0 aliphatic heterocycles. The van der Waals surface area contributed by atoms with Crippen molar-refractivity contribution >= 4 is 23.4 Å². The maximum atomic E-state index is 13.4. The van der Waals surface area contributed by atoms with Crippen LogP contribution < -0.4 is 10.1 Å². The van der Waals surface area contributed by atoms with E-state index >= 15 is 0 Å². The monoisotopic (exact) mass is 360 g/mol. The summed E-state index contributed by atoms with van der Waals surface area (Å²) in [5.41, 5.74) is 0.609. The van der Waals surface area contributed by atoms with Crippen molar-refractivity contribution in [2.45, 2.75) is 11.8 Å². The number of hydrogen-bond acceptors (Lipinski definition) is 7. The third-order valence-electron chi connectivity index (χ3n) is 2.91. The van der Waals surface area contributed by atoms with Gasteiger partial charge in [-0.3, -0.25) is 9.78 Å². The Morgan fingerprint density at radius 1 is 1.24 bits per heavy atom. The van der Waals surface area contributed by atoms with Gasteiger partial charge in [-0.2, -0.15) is 0 Å². The smallest absolute Gasteiger partial charge is 0.277 e. The Labute approximate surface area is 146 Å². The van der Waals surface area contributed by atoms with Crippen molar-refractivity contribution in [3.05, 3.63) is 60.5 Å². The zero-order valence-electron chi connectivity index (χ0n) is 12.9. The maximum absolute atomic E-state index is 13.4. The first kappa shape index (κ1) is 16.9. The molecule has 7 nitrogen and oxygen atoms in total. The van der Waals surface area contributed by atoms with E-state index in [1.54, 1.807) is 36.7 Å². The summed E-state index contributed by atoms with van der Waals surface area (Å²) in [6, 6.07) is 9.49. The van der Waals surface area contributed by atoms with E-state index in [1.807, 2.05) is 0 Å². The number of amides is 1. The van der Waals surface area contributed by atoms with E-state index < -0.39 is 5.82 Å². The quantitative estimate of drug-likeness (QED) is 0.648. The fourth-order valence-electron chi connectivity index (χ4n) is 1.82. The highest BCUT2D eigenvalue weighted by atomic mass is 32.2. The number of aromatic nitrogens is 3. The van der Waals surface area contributed by atoms with Gasteiger partial charge in [0.25, 0.3) is 11.1 Å². The Morgan fingerprint density at radius 3 is 2.92 bits per heavy atom. The van der Waals surface area contributed by atoms with Crippen molar-refractivity contribution in [1.82, 2.24) is 15.2 Å². The van der Waals surface area contributed by atoms with E-state index in [-0.39, 0.29) is 35.1 Å². The SMILES string of the molecule is O=C(CSc1nnc(COc2ccccc2F)o1)Nc1cccnc1. The second-order valence-electron chi connectivity index (χ2n) is 4.76. The van der Waals surface area contributed by atoms with Crippen LogP contribution in [-0.4, -0.2) is 26.8 Å². The number of nitrogens with one attached hydrogen (secondary N) is 1. The molecule has 0 unspecified atom stereocenters. The average Bonchev–Trinajstić information content (AvgIpc) is 3.08. The summed E-state index contributed by atoms with van der Waals surface area (Å²) in [6.07, 6.45) is 3.17. The summed E-state index contributed by atoms with van der Waals surface area (Å²) in [4.78, 5) is 15.7. The van der Waals surface area contributed by atoms with Crippen LogP contribution in [0.5, 0.6) is 5.75 Å². The molecule has 0 bridgehead atoms. The van der Waals surface area contributed by atoms with Crippen LogP contribution in [0.25, 0.3) is 0 Å². The number of para-hydroxylation sites is 1. The molecule has 0 aliphatic rings. The topological polar surface area (TPSA) is 90.1 Å². The molecule has 128 valence electrons. The van der Waals surface area contributed by atoms with Crippen molar-refractivity contribution in [2.75, 3.05) is 11.1 Å². The van der Waals surface area contributed by atoms with Crippen molar-refractivity contribution in [3.8, 4) is 5.75 Å². The van der Waals surface area contributed by atoms with Gasteiger partial charge in [0.1, 0.15) is 0 Å². The number of benzene rings is 1. The molecule has 3 aromatic rings. The molecule has 25 heavy (non-hydrogen) atoms. The largest absolute Gasteiger partial charge is 0.481 e. The van der Waals surface area contributed by atoms with Crippen LogP contribution in [0, 0.1) is 5.82 Å². The minimum Gasteiger partial charge on any atom is -0.481 e. The standard InChI is InChI=1S/C16H13FN4O3S/c17-12-5-1-2-6-13(12)23-9-15-20-21-16(24-15)25-10-14(22)19-11-4-3-7-18-8-11/h1-8H,9-10H2,(H,19,22). The summed E-state index contributed by atoms with van der Waals surface area (Å²) >= 11 is 1.09. The highest BCUT2D eigenvalue weighted by Crippen LogP contribution is 2.19. The highest BCUT2D eigenvalue weighted by molar-refractivity contribution is 7.99. The number of anilines is 1. The summed E-state index contributed by atoms with van der Waals surface area (Å²) in [5.74, 6) is -0.293. The fourth-order valence-corrected chi connectivity index (χ4v) is 2.40. The van der Waals surface area contributed by atoms with Crippen LogP contribution in [0.3, 0.4) is 0 Å². The van der Waals surface area contributed by atoms with Crippen LogP contribution in [0.15, 0.2) is 58.4 Å². The third kappa shape index (κ3) is 5.01. The first-order chi connectivity index (χ1) is 12.2. The number of halogens is 1. The summed E-state index contributed by atoms with van der Waals surface area (Å²) in [7, 11) is 0. The van der Waals surface area contributed by atoms with E-state index in [0.29, 0.717) is 5.69 Å². The van der Waals surface area contributed by atoms with Gasteiger partial charge < -0.3 is 14.5 Å². The Morgan fingerprint density at radius 2 is 2.12 bits per heavy atom. The number of pyridine rings is 1. The van der Waals surface area contributed by atoms with E-state index in [4.69, 9.17) is 9.15 Å². The van der Waals surface area contributed by atoms with Crippen LogP contribution in [-0.2, 0) is 11.4 Å². The van der Waals surface area contributed by atoms with Gasteiger partial charge in [-0.1, -0.05) is 23.9 Å². The van der Waals surface area contributed by atoms with Gasteiger partial charge in [0, 0.05) is 6.20 Å². The fraction of sp³-hybridized carbons (Fsp3) is 0.125. The number of ether oxygens (including phenoxy) is 1. The van der Waals surface area contributed by atoms with Crippen LogP contribution >= 0.6 is 11.8 Å². The predicted molar refractivity (Wildman–Crippen MR) is 88.6 cm³/mol. The van der Waals surface area contributed by atoms with Gasteiger partial charge in [-0.25, -0.2) is 4.39 Å². The minimum atomic E-state index is -0.469. The number of thioether (sulfide) groups is 1. The van der Waals surface area contributed by atoms with E-state index in [0.717, 1.165) is 11.8 Å². The predicted octanol–water partition coefficient (Wildman–Crippen LogP) is 2.91. The average molecular weight is 360 g/mol. The molecule has 1 amide bonds. The van der Waals surface area contributed by atoms with Crippen molar-refractivity contribution in [1.29, 1.82) is 0 Å². The summed E-state index contributed by atoms with van der Waals surface area (Å²) in [6.45, 7) is -0.0592. The molecule has 0 saturated carbocycles. The Balaban J connectivity index is 1.47. The molecular weight excluding hydrogens is 347 g/mol. The van der Waals surface area contributed by atoms with Crippen molar-refractivity contribution in [2.24, 2.45) is 0 Å². The molecule has 0 aliphatic carbocycles. The Kier molecular flexibility index (Phi) is 5.57. The first-order valence-corrected chi connectivity index (χ1v) is 8.21. The molecular formula is C16H13FN4O3S. The first-order valence-electron chi connectivity index (χ1n) is 7.23.